The predicted octanol–water partition coefficient (Wildman–Crippen LogP) is 3.62. The minimum Gasteiger partial charge on any atom is -0.497 e. The average molecular weight is 524 g/mol. The molecule has 3 aromatic rings. The molecular weight excluding hydrogens is 490 g/mol. The lowest BCUT2D eigenvalue weighted by Gasteiger charge is -2.31. The second-order valence-electron chi connectivity index (χ2n) is 8.50. The van der Waals surface area contributed by atoms with Gasteiger partial charge in [-0.15, -0.1) is 0 Å². The van der Waals surface area contributed by atoms with Crippen LogP contribution in [0.25, 0.3) is 0 Å². The fourth-order valence-electron chi connectivity index (χ4n) is 3.87. The number of amides is 2. The maximum atomic E-state index is 13.7. The molecule has 2 amide bonds. The molecule has 1 atom stereocenters. The molecule has 196 valence electrons. The number of likely N-dealkylation sites (N-methyl/N-ethyl adjacent to an activating group) is 1. The number of rotatable bonds is 11. The minimum atomic E-state index is -4.07. The number of methoxy groups -OCH3 is 1. The molecule has 0 saturated heterocycles. The highest BCUT2D eigenvalue weighted by Crippen LogP contribution is 2.25. The first-order valence-corrected chi connectivity index (χ1v) is 13.5. The van der Waals surface area contributed by atoms with Crippen LogP contribution in [0.1, 0.15) is 25.0 Å². The molecule has 9 heteroatoms. The number of sulfonamides is 1. The fraction of sp³-hybridized carbons (Fsp3) is 0.286. The summed E-state index contributed by atoms with van der Waals surface area (Å²) < 4.78 is 33.7. The van der Waals surface area contributed by atoms with E-state index in [9.17, 15) is 18.0 Å². The molecule has 8 nitrogen and oxygen atoms in total. The largest absolute Gasteiger partial charge is 0.497 e. The van der Waals surface area contributed by atoms with Gasteiger partial charge in [0.1, 0.15) is 18.3 Å². The standard InChI is InChI=1S/C28H33N3O5S/c1-5-22-11-15-24(16-12-22)31(37(34,35)26-9-7-6-8-10-26)20-27(32)30(21(2)28(33)29-3)19-23-13-17-25(36-4)18-14-23/h6-18,21H,5,19-20H2,1-4H3,(H,29,33)/t21-/m0/s1. The molecule has 0 aliphatic carbocycles. The Hall–Kier alpha value is -3.85. The SMILES string of the molecule is CCc1ccc(N(CC(=O)N(Cc2ccc(OC)cc2)[C@@H](C)C(=O)NC)S(=O)(=O)c2ccccc2)cc1. The van der Waals surface area contributed by atoms with Gasteiger partial charge in [0.25, 0.3) is 10.0 Å². The zero-order valence-corrected chi connectivity index (χ0v) is 22.4. The second-order valence-corrected chi connectivity index (χ2v) is 10.4. The number of carbonyl (C=O) groups is 2. The van der Waals surface area contributed by atoms with Crippen molar-refractivity contribution in [1.29, 1.82) is 0 Å². The molecule has 0 aromatic heterocycles. The molecule has 0 aliphatic heterocycles. The molecular formula is C28H33N3O5S. The van der Waals surface area contributed by atoms with Crippen molar-refractivity contribution < 1.29 is 22.7 Å². The lowest BCUT2D eigenvalue weighted by Crippen LogP contribution is -2.50. The molecule has 0 heterocycles. The number of hydrogen-bond donors (Lipinski definition) is 1. The number of ether oxygens (including phenoxy) is 1. The Morgan fingerprint density at radius 2 is 1.51 bits per heavy atom. The van der Waals surface area contributed by atoms with Gasteiger partial charge in [0.2, 0.25) is 11.8 Å². The third-order valence-corrected chi connectivity index (χ3v) is 7.96. The van der Waals surface area contributed by atoms with E-state index in [4.69, 9.17) is 4.74 Å². The van der Waals surface area contributed by atoms with Crippen molar-refractivity contribution in [3.8, 4) is 5.75 Å². The van der Waals surface area contributed by atoms with Crippen molar-refractivity contribution in [2.75, 3.05) is 25.0 Å². The Labute approximate surface area is 218 Å². The van der Waals surface area contributed by atoms with E-state index < -0.39 is 28.5 Å². The summed E-state index contributed by atoms with van der Waals surface area (Å²) in [5, 5.41) is 2.57. The Morgan fingerprint density at radius 3 is 2.05 bits per heavy atom. The van der Waals surface area contributed by atoms with Crippen molar-refractivity contribution in [2.24, 2.45) is 0 Å². The summed E-state index contributed by atoms with van der Waals surface area (Å²) in [4.78, 5) is 27.7. The number of nitrogens with zero attached hydrogens (tertiary/aromatic N) is 2. The lowest BCUT2D eigenvalue weighted by atomic mass is 10.1. The molecule has 0 radical (unpaired) electrons. The van der Waals surface area contributed by atoms with Crippen LogP contribution in [0.5, 0.6) is 5.75 Å². The smallest absolute Gasteiger partial charge is 0.264 e. The highest BCUT2D eigenvalue weighted by atomic mass is 32.2. The van der Waals surface area contributed by atoms with Crippen LogP contribution in [0.15, 0.2) is 83.8 Å². The summed E-state index contributed by atoms with van der Waals surface area (Å²) in [6.07, 6.45) is 0.796. The van der Waals surface area contributed by atoms with Gasteiger partial charge < -0.3 is 15.0 Å². The topological polar surface area (TPSA) is 96.0 Å². The number of hydrogen-bond acceptors (Lipinski definition) is 5. The van der Waals surface area contributed by atoms with E-state index in [0.717, 1.165) is 21.9 Å². The van der Waals surface area contributed by atoms with Crippen molar-refractivity contribution in [1.82, 2.24) is 10.2 Å². The van der Waals surface area contributed by atoms with Crippen molar-refractivity contribution in [3.05, 3.63) is 90.0 Å². The van der Waals surface area contributed by atoms with Gasteiger partial charge in [0.05, 0.1) is 17.7 Å². The van der Waals surface area contributed by atoms with E-state index in [2.05, 4.69) is 5.32 Å². The summed E-state index contributed by atoms with van der Waals surface area (Å²) in [6.45, 7) is 3.27. The molecule has 0 saturated carbocycles. The molecule has 37 heavy (non-hydrogen) atoms. The maximum Gasteiger partial charge on any atom is 0.264 e. The first-order valence-electron chi connectivity index (χ1n) is 12.0. The molecule has 0 spiro atoms. The lowest BCUT2D eigenvalue weighted by molar-refractivity contribution is -0.139. The molecule has 0 aliphatic rings. The van der Waals surface area contributed by atoms with Gasteiger partial charge in [0, 0.05) is 13.6 Å². The summed E-state index contributed by atoms with van der Waals surface area (Å²) in [6, 6.07) is 21.4. The van der Waals surface area contributed by atoms with Crippen LogP contribution >= 0.6 is 0 Å². The Morgan fingerprint density at radius 1 is 0.919 bits per heavy atom. The highest BCUT2D eigenvalue weighted by molar-refractivity contribution is 7.92. The summed E-state index contributed by atoms with van der Waals surface area (Å²) >= 11 is 0. The zero-order valence-electron chi connectivity index (χ0n) is 21.5. The van der Waals surface area contributed by atoms with Gasteiger partial charge in [-0.05, 0) is 60.9 Å². The Kier molecular flexibility index (Phi) is 9.30. The van der Waals surface area contributed by atoms with Crippen LogP contribution < -0.4 is 14.4 Å². The average Bonchev–Trinajstić information content (AvgIpc) is 2.94. The van der Waals surface area contributed by atoms with Crippen molar-refractivity contribution in [2.45, 2.75) is 37.8 Å². The van der Waals surface area contributed by atoms with Crippen molar-refractivity contribution in [3.63, 3.8) is 0 Å². The van der Waals surface area contributed by atoms with Crippen molar-refractivity contribution >= 4 is 27.5 Å². The van der Waals surface area contributed by atoms with Crippen LogP contribution in [0, 0.1) is 0 Å². The number of aryl methyl sites for hydroxylation is 1. The number of nitrogens with one attached hydrogen (secondary N) is 1. The third kappa shape index (κ3) is 6.68. The number of benzene rings is 3. The summed E-state index contributed by atoms with van der Waals surface area (Å²) in [5.41, 5.74) is 2.18. The fourth-order valence-corrected chi connectivity index (χ4v) is 5.30. The first kappa shape index (κ1) is 27.7. The normalized spacial score (nSPS) is 11.9. The molecule has 3 aromatic carbocycles. The van der Waals surface area contributed by atoms with Gasteiger partial charge in [0.15, 0.2) is 0 Å². The third-order valence-electron chi connectivity index (χ3n) is 6.17. The summed E-state index contributed by atoms with van der Waals surface area (Å²) in [7, 11) is -1.01. The van der Waals surface area contributed by atoms with Gasteiger partial charge in [-0.25, -0.2) is 8.42 Å². The van der Waals surface area contributed by atoms with E-state index in [0.29, 0.717) is 11.4 Å². The van der Waals surface area contributed by atoms with E-state index in [-0.39, 0.29) is 17.3 Å². The zero-order chi connectivity index (χ0) is 27.0. The predicted molar refractivity (Wildman–Crippen MR) is 144 cm³/mol. The van der Waals surface area contributed by atoms with Crippen LogP contribution in [0.2, 0.25) is 0 Å². The molecule has 0 unspecified atom stereocenters. The first-order chi connectivity index (χ1) is 17.7. The highest BCUT2D eigenvalue weighted by Gasteiger charge is 2.32. The Balaban J connectivity index is 2.00. The van der Waals surface area contributed by atoms with E-state index in [1.54, 1.807) is 68.6 Å². The van der Waals surface area contributed by atoms with Crippen LogP contribution in [-0.4, -0.2) is 51.9 Å². The second kappa shape index (κ2) is 12.4. The molecule has 0 fully saturated rings. The number of anilines is 1. The monoisotopic (exact) mass is 523 g/mol. The Bertz CT molecular complexity index is 1290. The summed E-state index contributed by atoms with van der Waals surface area (Å²) in [5.74, 6) is -0.200. The maximum absolute atomic E-state index is 13.7. The minimum absolute atomic E-state index is 0.0726. The van der Waals surface area contributed by atoms with Crippen LogP contribution in [-0.2, 0) is 32.6 Å². The number of carbonyl (C=O) groups excluding carboxylic acids is 2. The van der Waals surface area contributed by atoms with Crippen LogP contribution in [0.4, 0.5) is 5.69 Å². The molecule has 3 rings (SSSR count). The van der Waals surface area contributed by atoms with E-state index in [1.165, 1.54) is 24.1 Å². The molecule has 1 N–H and O–H groups in total. The van der Waals surface area contributed by atoms with Gasteiger partial charge in [-0.3, -0.25) is 13.9 Å². The molecule has 0 bridgehead atoms. The van der Waals surface area contributed by atoms with Gasteiger partial charge in [-0.1, -0.05) is 49.4 Å². The van der Waals surface area contributed by atoms with Gasteiger partial charge >= 0.3 is 0 Å². The van der Waals surface area contributed by atoms with Gasteiger partial charge in [-0.2, -0.15) is 0 Å². The van der Waals surface area contributed by atoms with Crippen LogP contribution in [0.3, 0.4) is 0 Å². The van der Waals surface area contributed by atoms with E-state index >= 15 is 0 Å². The quantitative estimate of drug-likeness (QED) is 0.414. The van der Waals surface area contributed by atoms with E-state index in [1.807, 2.05) is 19.1 Å².